The highest BCUT2D eigenvalue weighted by Gasteiger charge is 2.31. The maximum Gasteiger partial charge on any atom is 0.135 e. The van der Waals surface area contributed by atoms with Gasteiger partial charge >= 0.3 is 0 Å². The molecule has 0 aromatic heterocycles. The van der Waals surface area contributed by atoms with Crippen LogP contribution >= 0.6 is 15.9 Å². The number of allylic oxidation sites excluding steroid dienone is 1. The molecule has 74 valence electrons. The summed E-state index contributed by atoms with van der Waals surface area (Å²) >= 11 is 3.33. The van der Waals surface area contributed by atoms with Gasteiger partial charge in [-0.25, -0.2) is 0 Å². The van der Waals surface area contributed by atoms with Gasteiger partial charge in [0.25, 0.3) is 0 Å². The average Bonchev–Trinajstić information content (AvgIpc) is 2.22. The van der Waals surface area contributed by atoms with E-state index in [0.29, 0.717) is 10.9 Å². The van der Waals surface area contributed by atoms with E-state index in [0.717, 1.165) is 11.8 Å². The maximum atomic E-state index is 11.2. The van der Waals surface area contributed by atoms with E-state index in [1.807, 2.05) is 37.3 Å². The lowest BCUT2D eigenvalue weighted by atomic mass is 9.80. The van der Waals surface area contributed by atoms with E-state index < -0.39 is 5.41 Å². The van der Waals surface area contributed by atoms with E-state index in [-0.39, 0.29) is 0 Å². The van der Waals surface area contributed by atoms with E-state index in [1.165, 1.54) is 0 Å². The van der Waals surface area contributed by atoms with Gasteiger partial charge in [-0.1, -0.05) is 59.8 Å². The van der Waals surface area contributed by atoms with Crippen molar-refractivity contribution in [2.24, 2.45) is 0 Å². The van der Waals surface area contributed by atoms with Gasteiger partial charge in [0.15, 0.2) is 0 Å². The fraction of sp³-hybridized carbons (Fsp3) is 0.250. The molecular formula is C12H13BrO. The number of carbonyl (C=O) groups excluding carboxylic acids is 1. The van der Waals surface area contributed by atoms with Crippen molar-refractivity contribution in [1.82, 2.24) is 0 Å². The monoisotopic (exact) mass is 252 g/mol. The van der Waals surface area contributed by atoms with Gasteiger partial charge in [0.2, 0.25) is 0 Å². The summed E-state index contributed by atoms with van der Waals surface area (Å²) in [6.45, 7) is 5.81. The van der Waals surface area contributed by atoms with E-state index in [1.54, 1.807) is 0 Å². The molecule has 0 amide bonds. The third-order valence-corrected chi connectivity index (χ3v) is 3.24. The number of rotatable bonds is 4. The molecule has 0 heterocycles. The van der Waals surface area contributed by atoms with E-state index >= 15 is 0 Å². The molecule has 0 aliphatic carbocycles. The molecule has 0 aliphatic heterocycles. The van der Waals surface area contributed by atoms with E-state index in [4.69, 9.17) is 0 Å². The van der Waals surface area contributed by atoms with Crippen LogP contribution in [0.1, 0.15) is 18.9 Å². The molecule has 1 aromatic rings. The van der Waals surface area contributed by atoms with Crippen LogP contribution in [0.25, 0.3) is 0 Å². The summed E-state index contributed by atoms with van der Waals surface area (Å²) in [5.74, 6) is 0. The summed E-state index contributed by atoms with van der Waals surface area (Å²) in [6.07, 6.45) is 1.67. The van der Waals surface area contributed by atoms with Gasteiger partial charge in [-0.2, -0.15) is 0 Å². The van der Waals surface area contributed by atoms with Crippen molar-refractivity contribution in [3.63, 3.8) is 0 Å². The molecule has 0 aliphatic rings. The minimum Gasteiger partial charge on any atom is -0.302 e. The lowest BCUT2D eigenvalue weighted by Crippen LogP contribution is -2.26. The summed E-state index contributed by atoms with van der Waals surface area (Å²) in [7, 11) is 0. The molecule has 2 heteroatoms. The zero-order chi connectivity index (χ0) is 10.6. The number of aldehydes is 1. The molecule has 0 fully saturated rings. The highest BCUT2D eigenvalue weighted by Crippen LogP contribution is 2.35. The fourth-order valence-electron chi connectivity index (χ4n) is 1.50. The van der Waals surface area contributed by atoms with Crippen molar-refractivity contribution in [3.8, 4) is 0 Å². The first kappa shape index (κ1) is 11.2. The minimum absolute atomic E-state index is 0.582. The van der Waals surface area contributed by atoms with Crippen molar-refractivity contribution in [3.05, 3.63) is 47.0 Å². The van der Waals surface area contributed by atoms with Crippen molar-refractivity contribution < 1.29 is 4.79 Å². The largest absolute Gasteiger partial charge is 0.302 e. The third kappa shape index (κ3) is 1.80. The lowest BCUT2D eigenvalue weighted by molar-refractivity contribution is -0.111. The van der Waals surface area contributed by atoms with Crippen LogP contribution in [0.15, 0.2) is 41.4 Å². The van der Waals surface area contributed by atoms with Crippen LogP contribution in [0, 0.1) is 0 Å². The maximum absolute atomic E-state index is 11.2. The Kier molecular flexibility index (Phi) is 3.64. The number of benzene rings is 1. The molecule has 0 N–H and O–H groups in total. The van der Waals surface area contributed by atoms with Gasteiger partial charge in [-0.3, -0.25) is 0 Å². The van der Waals surface area contributed by atoms with Crippen LogP contribution in [0.2, 0.25) is 0 Å². The van der Waals surface area contributed by atoms with Gasteiger partial charge in [0, 0.05) is 4.48 Å². The summed E-state index contributed by atoms with van der Waals surface area (Å²) < 4.78 is 0.716. The smallest absolute Gasteiger partial charge is 0.135 e. The minimum atomic E-state index is -0.582. The number of carbonyl (C=O) groups is 1. The van der Waals surface area contributed by atoms with Crippen LogP contribution in [0.4, 0.5) is 0 Å². The van der Waals surface area contributed by atoms with Crippen molar-refractivity contribution in [2.45, 2.75) is 18.8 Å². The predicted molar refractivity (Wildman–Crippen MR) is 62.5 cm³/mol. The van der Waals surface area contributed by atoms with Crippen molar-refractivity contribution in [1.29, 1.82) is 0 Å². The van der Waals surface area contributed by atoms with Crippen LogP contribution in [-0.4, -0.2) is 6.29 Å². The first-order valence-corrected chi connectivity index (χ1v) is 5.33. The molecule has 0 radical (unpaired) electrons. The summed E-state index contributed by atoms with van der Waals surface area (Å²) in [6, 6.07) is 9.69. The summed E-state index contributed by atoms with van der Waals surface area (Å²) in [4.78, 5) is 11.2. The van der Waals surface area contributed by atoms with Gasteiger partial charge in [-0.05, 0) is 12.0 Å². The molecule has 1 rings (SSSR count). The molecule has 1 nitrogen and oxygen atoms in total. The van der Waals surface area contributed by atoms with Crippen molar-refractivity contribution >= 4 is 22.2 Å². The number of hydrogen-bond donors (Lipinski definition) is 0. The van der Waals surface area contributed by atoms with Crippen LogP contribution in [0.3, 0.4) is 0 Å². The van der Waals surface area contributed by atoms with Gasteiger partial charge < -0.3 is 4.79 Å². The number of halogens is 1. The number of hydrogen-bond acceptors (Lipinski definition) is 1. The Morgan fingerprint density at radius 3 is 2.43 bits per heavy atom. The predicted octanol–water partition coefficient (Wildman–Crippen LogP) is 3.44. The average molecular weight is 253 g/mol. The van der Waals surface area contributed by atoms with E-state index in [9.17, 15) is 4.79 Å². The van der Waals surface area contributed by atoms with Crippen LogP contribution in [0.5, 0.6) is 0 Å². The second kappa shape index (κ2) is 4.56. The molecule has 1 aromatic carbocycles. The first-order chi connectivity index (χ1) is 6.67. The highest BCUT2D eigenvalue weighted by atomic mass is 79.9. The Labute approximate surface area is 93.0 Å². The third-order valence-electron chi connectivity index (χ3n) is 2.53. The molecule has 0 bridgehead atoms. The standard InChI is InChI=1S/C12H13BrO/c1-3-12(9-14,10(2)13)11-7-5-4-6-8-11/h4-9H,2-3H2,1H3. The van der Waals surface area contributed by atoms with Gasteiger partial charge in [-0.15, -0.1) is 0 Å². The lowest BCUT2D eigenvalue weighted by Gasteiger charge is -2.26. The normalized spacial score (nSPS) is 14.4. The highest BCUT2D eigenvalue weighted by molar-refractivity contribution is 9.11. The topological polar surface area (TPSA) is 17.1 Å². The molecular weight excluding hydrogens is 240 g/mol. The molecule has 1 atom stereocenters. The van der Waals surface area contributed by atoms with E-state index in [2.05, 4.69) is 22.5 Å². The SMILES string of the molecule is C=C(Br)C(C=O)(CC)c1ccccc1. The molecule has 0 spiro atoms. The zero-order valence-electron chi connectivity index (χ0n) is 8.16. The van der Waals surface area contributed by atoms with Crippen LogP contribution < -0.4 is 0 Å². The van der Waals surface area contributed by atoms with Gasteiger partial charge in [0.05, 0.1) is 5.41 Å². The zero-order valence-corrected chi connectivity index (χ0v) is 9.75. The molecule has 0 saturated heterocycles. The second-order valence-electron chi connectivity index (χ2n) is 3.21. The molecule has 0 saturated carbocycles. The van der Waals surface area contributed by atoms with Crippen LogP contribution in [-0.2, 0) is 10.2 Å². The molecule has 14 heavy (non-hydrogen) atoms. The Hall–Kier alpha value is -0.890. The molecule has 1 unspecified atom stereocenters. The second-order valence-corrected chi connectivity index (χ2v) is 4.17. The quantitative estimate of drug-likeness (QED) is 0.751. The Bertz CT molecular complexity index is 331. The Balaban J connectivity index is 3.24. The first-order valence-electron chi connectivity index (χ1n) is 4.54. The fourth-order valence-corrected chi connectivity index (χ4v) is 2.11. The Morgan fingerprint density at radius 1 is 1.50 bits per heavy atom. The summed E-state index contributed by atoms with van der Waals surface area (Å²) in [5.41, 5.74) is 0.403. The summed E-state index contributed by atoms with van der Waals surface area (Å²) in [5, 5.41) is 0. The van der Waals surface area contributed by atoms with Gasteiger partial charge in [0.1, 0.15) is 6.29 Å². The Morgan fingerprint density at radius 2 is 2.07 bits per heavy atom. The van der Waals surface area contributed by atoms with Crippen molar-refractivity contribution in [2.75, 3.05) is 0 Å².